The summed E-state index contributed by atoms with van der Waals surface area (Å²) in [5, 5.41) is 17.5. The topological polar surface area (TPSA) is 73.8 Å². The van der Waals surface area contributed by atoms with E-state index in [1.807, 2.05) is 41.3 Å². The third kappa shape index (κ3) is 5.12. The molecule has 0 aromatic heterocycles. The van der Waals surface area contributed by atoms with Crippen molar-refractivity contribution in [1.29, 1.82) is 0 Å². The van der Waals surface area contributed by atoms with Gasteiger partial charge in [0, 0.05) is 29.1 Å². The highest BCUT2D eigenvalue weighted by atomic mass is 16.5. The van der Waals surface area contributed by atoms with Gasteiger partial charge in [0.2, 0.25) is 0 Å². The van der Waals surface area contributed by atoms with Crippen LogP contribution in [0.25, 0.3) is 0 Å². The number of ether oxygens (including phenoxy) is 1. The van der Waals surface area contributed by atoms with Crippen molar-refractivity contribution >= 4 is 23.2 Å². The average Bonchev–Trinajstić information content (AvgIpc) is 2.89. The molecule has 0 aliphatic carbocycles. The van der Waals surface area contributed by atoms with Gasteiger partial charge in [0.15, 0.2) is 0 Å². The summed E-state index contributed by atoms with van der Waals surface area (Å²) in [5.41, 5.74) is 4.80. The molecule has 0 spiro atoms. The van der Waals surface area contributed by atoms with Crippen LogP contribution in [-0.4, -0.2) is 36.1 Å². The number of benzene rings is 2. The lowest BCUT2D eigenvalue weighted by Crippen LogP contribution is -2.47. The van der Waals surface area contributed by atoms with Crippen LogP contribution in [0.2, 0.25) is 0 Å². The van der Waals surface area contributed by atoms with Gasteiger partial charge in [-0.25, -0.2) is 4.79 Å². The smallest absolute Gasteiger partial charge is 0.411 e. The number of carbonyl (C=O) groups is 1. The molecule has 30 heavy (non-hydrogen) atoms. The van der Waals surface area contributed by atoms with Crippen LogP contribution in [0.4, 0.5) is 21.9 Å². The fourth-order valence-corrected chi connectivity index (χ4v) is 3.62. The van der Waals surface area contributed by atoms with Gasteiger partial charge in [-0.3, -0.25) is 5.32 Å². The summed E-state index contributed by atoms with van der Waals surface area (Å²) in [4.78, 5) is 13.9. The molecule has 3 N–H and O–H groups in total. The number of β-amino-alcohol motifs (C(OH)–C–C–N with tert-alkyl or cyclic N) is 1. The standard InChI is InChI=1S/C24H33N3O3/c1-5-24(3,4)25-16-22(28)27-20-10-8-7-9-17(20)11-12-18-13-14-19(15-21(18)27)26-23(29)30-6-2/h7-10,13-15,22,25,28H,5-6,11-12,16H2,1-4H3,(H,26,29). The van der Waals surface area contributed by atoms with E-state index in [-0.39, 0.29) is 5.54 Å². The van der Waals surface area contributed by atoms with Crippen LogP contribution in [0.3, 0.4) is 0 Å². The van der Waals surface area contributed by atoms with Gasteiger partial charge in [-0.1, -0.05) is 31.2 Å². The first-order chi connectivity index (χ1) is 14.3. The molecule has 1 unspecified atom stereocenters. The molecule has 6 nitrogen and oxygen atoms in total. The molecule has 1 heterocycles. The number of aliphatic hydroxyl groups is 1. The molecule has 1 aliphatic rings. The molecule has 162 valence electrons. The van der Waals surface area contributed by atoms with Crippen molar-refractivity contribution in [3.63, 3.8) is 0 Å². The zero-order chi connectivity index (χ0) is 21.7. The molecule has 0 saturated heterocycles. The number of carbonyl (C=O) groups excluding carboxylic acids is 1. The van der Waals surface area contributed by atoms with Crippen molar-refractivity contribution in [3.8, 4) is 0 Å². The molecule has 1 atom stereocenters. The Balaban J connectivity index is 1.98. The minimum absolute atomic E-state index is 0.0670. The van der Waals surface area contributed by atoms with Crippen LogP contribution in [-0.2, 0) is 17.6 Å². The molecule has 1 aliphatic heterocycles. The maximum atomic E-state index is 11.9. The van der Waals surface area contributed by atoms with E-state index in [0.29, 0.717) is 18.8 Å². The Kier molecular flexibility index (Phi) is 7.00. The van der Waals surface area contributed by atoms with Gasteiger partial charge < -0.3 is 20.1 Å². The first-order valence-electron chi connectivity index (χ1n) is 10.7. The van der Waals surface area contributed by atoms with Crippen LogP contribution < -0.4 is 15.5 Å². The van der Waals surface area contributed by atoms with Crippen molar-refractivity contribution in [2.24, 2.45) is 0 Å². The van der Waals surface area contributed by atoms with E-state index >= 15 is 0 Å². The van der Waals surface area contributed by atoms with Gasteiger partial charge in [0.05, 0.1) is 6.61 Å². The highest BCUT2D eigenvalue weighted by molar-refractivity contribution is 5.86. The summed E-state index contributed by atoms with van der Waals surface area (Å²) in [7, 11) is 0. The summed E-state index contributed by atoms with van der Waals surface area (Å²) in [6.07, 6.45) is 1.48. The normalized spacial score (nSPS) is 14.4. The number of nitrogens with one attached hydrogen (secondary N) is 2. The van der Waals surface area contributed by atoms with E-state index in [0.717, 1.165) is 36.2 Å². The summed E-state index contributed by atoms with van der Waals surface area (Å²) < 4.78 is 5.01. The molecule has 0 bridgehead atoms. The average molecular weight is 412 g/mol. The Morgan fingerprint density at radius 2 is 1.83 bits per heavy atom. The minimum Gasteiger partial charge on any atom is -0.450 e. The Labute approximate surface area is 179 Å². The van der Waals surface area contributed by atoms with Gasteiger partial charge in [0.1, 0.15) is 6.23 Å². The summed E-state index contributed by atoms with van der Waals surface area (Å²) in [6, 6.07) is 14.0. The second-order valence-corrected chi connectivity index (χ2v) is 8.29. The molecular weight excluding hydrogens is 378 g/mol. The van der Waals surface area contributed by atoms with Crippen LogP contribution in [0.1, 0.15) is 45.2 Å². The van der Waals surface area contributed by atoms with Gasteiger partial charge in [-0.15, -0.1) is 0 Å². The molecular formula is C24H33N3O3. The highest BCUT2D eigenvalue weighted by Crippen LogP contribution is 2.38. The SMILES string of the molecule is CCOC(=O)Nc1ccc2c(c1)N(C(O)CNC(C)(C)CC)c1ccccc1CC2. The van der Waals surface area contributed by atoms with Crippen molar-refractivity contribution in [2.75, 3.05) is 23.4 Å². The molecule has 0 radical (unpaired) electrons. The zero-order valence-corrected chi connectivity index (χ0v) is 18.4. The van der Waals surface area contributed by atoms with E-state index in [1.165, 1.54) is 5.56 Å². The summed E-state index contributed by atoms with van der Waals surface area (Å²) in [5.74, 6) is 0. The second-order valence-electron chi connectivity index (χ2n) is 8.29. The van der Waals surface area contributed by atoms with E-state index < -0.39 is 12.3 Å². The molecule has 2 aromatic carbocycles. The van der Waals surface area contributed by atoms with Crippen LogP contribution in [0.5, 0.6) is 0 Å². The predicted octanol–water partition coefficient (Wildman–Crippen LogP) is 4.59. The molecule has 3 rings (SSSR count). The Morgan fingerprint density at radius 3 is 2.53 bits per heavy atom. The number of fused-ring (bicyclic) bond motifs is 2. The highest BCUT2D eigenvalue weighted by Gasteiger charge is 2.27. The predicted molar refractivity (Wildman–Crippen MR) is 121 cm³/mol. The minimum atomic E-state index is -0.758. The van der Waals surface area contributed by atoms with E-state index in [9.17, 15) is 9.90 Å². The number of para-hydroxylation sites is 1. The lowest BCUT2D eigenvalue weighted by atomic mass is 10.0. The fraction of sp³-hybridized carbons (Fsp3) is 0.458. The van der Waals surface area contributed by atoms with E-state index in [4.69, 9.17) is 4.74 Å². The van der Waals surface area contributed by atoms with Crippen LogP contribution in [0.15, 0.2) is 42.5 Å². The molecule has 2 aromatic rings. The largest absolute Gasteiger partial charge is 0.450 e. The number of nitrogens with zero attached hydrogens (tertiary/aromatic N) is 1. The molecule has 0 fully saturated rings. The Morgan fingerprint density at radius 1 is 1.13 bits per heavy atom. The number of rotatable bonds is 7. The maximum absolute atomic E-state index is 11.9. The van der Waals surface area contributed by atoms with Crippen molar-refractivity contribution in [3.05, 3.63) is 53.6 Å². The number of aryl methyl sites for hydroxylation is 2. The van der Waals surface area contributed by atoms with Crippen LogP contribution >= 0.6 is 0 Å². The quantitative estimate of drug-likeness (QED) is 0.621. The number of hydrogen-bond acceptors (Lipinski definition) is 5. The van der Waals surface area contributed by atoms with Gasteiger partial charge in [-0.05, 0) is 69.4 Å². The third-order valence-electron chi connectivity index (χ3n) is 5.73. The lowest BCUT2D eigenvalue weighted by Gasteiger charge is -2.34. The number of amides is 1. The Bertz CT molecular complexity index is 882. The summed E-state index contributed by atoms with van der Waals surface area (Å²) >= 11 is 0. The fourth-order valence-electron chi connectivity index (χ4n) is 3.62. The van der Waals surface area contributed by atoms with Gasteiger partial charge in [-0.2, -0.15) is 0 Å². The van der Waals surface area contributed by atoms with Crippen LogP contribution in [0, 0.1) is 0 Å². The first kappa shape index (κ1) is 22.1. The second kappa shape index (κ2) is 9.49. The molecule has 6 heteroatoms. The molecule has 1 amide bonds. The van der Waals surface area contributed by atoms with Gasteiger partial charge in [0.25, 0.3) is 0 Å². The van der Waals surface area contributed by atoms with Gasteiger partial charge >= 0.3 is 6.09 Å². The molecule has 0 saturated carbocycles. The third-order valence-corrected chi connectivity index (χ3v) is 5.73. The zero-order valence-electron chi connectivity index (χ0n) is 18.4. The number of hydrogen-bond donors (Lipinski definition) is 3. The maximum Gasteiger partial charge on any atom is 0.411 e. The van der Waals surface area contributed by atoms with Crippen molar-refractivity contribution < 1.29 is 14.6 Å². The van der Waals surface area contributed by atoms with Crippen molar-refractivity contribution in [2.45, 2.75) is 58.7 Å². The van der Waals surface area contributed by atoms with E-state index in [2.05, 4.69) is 37.5 Å². The summed E-state index contributed by atoms with van der Waals surface area (Å²) in [6.45, 7) is 8.90. The monoisotopic (exact) mass is 411 g/mol. The lowest BCUT2D eigenvalue weighted by molar-refractivity contribution is 0.163. The van der Waals surface area contributed by atoms with Crippen molar-refractivity contribution in [1.82, 2.24) is 5.32 Å². The van der Waals surface area contributed by atoms with E-state index in [1.54, 1.807) is 6.92 Å². The first-order valence-corrected chi connectivity index (χ1v) is 10.7. The number of anilines is 3. The Hall–Kier alpha value is -2.57. The number of aliphatic hydroxyl groups excluding tert-OH is 1.